The first-order valence-electron chi connectivity index (χ1n) is 8.00. The molecule has 3 aromatic rings. The van der Waals surface area contributed by atoms with E-state index in [2.05, 4.69) is 48.9 Å². The van der Waals surface area contributed by atoms with Crippen LogP contribution >= 0.6 is 15.9 Å². The minimum absolute atomic E-state index is 0.0772. The van der Waals surface area contributed by atoms with Gasteiger partial charge in [0.25, 0.3) is 5.91 Å². The minimum atomic E-state index is -0.0772. The van der Waals surface area contributed by atoms with Gasteiger partial charge < -0.3 is 5.32 Å². The molecule has 0 aliphatic carbocycles. The smallest absolute Gasteiger partial charge is 0.251 e. The number of halogens is 1. The molecule has 1 amide bonds. The number of aryl methyl sites for hydroxylation is 1. The second kappa shape index (κ2) is 8.02. The molecule has 0 saturated heterocycles. The Bertz CT molecular complexity index is 816. The molecule has 0 radical (unpaired) electrons. The standard InChI is InChI=1S/C18H18BrN5O/c1-13(2-3-14-4-8-16(19)9-5-14)21-18(25)15-6-10-17(11-7-15)24-12-20-22-23-24/h4-13H,2-3H2,1H3,(H,21,25). The van der Waals surface area contributed by atoms with E-state index in [-0.39, 0.29) is 11.9 Å². The van der Waals surface area contributed by atoms with Crippen LogP contribution in [0.25, 0.3) is 5.69 Å². The summed E-state index contributed by atoms with van der Waals surface area (Å²) < 4.78 is 2.62. The van der Waals surface area contributed by atoms with Crippen molar-refractivity contribution in [2.45, 2.75) is 25.8 Å². The van der Waals surface area contributed by atoms with Crippen LogP contribution in [0.3, 0.4) is 0 Å². The molecule has 25 heavy (non-hydrogen) atoms. The molecule has 1 N–H and O–H groups in total. The third kappa shape index (κ3) is 4.73. The van der Waals surface area contributed by atoms with Gasteiger partial charge in [-0.3, -0.25) is 4.79 Å². The van der Waals surface area contributed by atoms with Crippen molar-refractivity contribution in [3.63, 3.8) is 0 Å². The normalized spacial score (nSPS) is 11.9. The van der Waals surface area contributed by atoms with Gasteiger partial charge in [0.05, 0.1) is 5.69 Å². The molecule has 0 aliphatic rings. The summed E-state index contributed by atoms with van der Waals surface area (Å²) in [5.41, 5.74) is 2.69. The summed E-state index contributed by atoms with van der Waals surface area (Å²) in [6.45, 7) is 2.02. The second-order valence-electron chi connectivity index (χ2n) is 5.84. The number of nitrogens with zero attached hydrogens (tertiary/aromatic N) is 4. The van der Waals surface area contributed by atoms with Crippen LogP contribution in [0.4, 0.5) is 0 Å². The highest BCUT2D eigenvalue weighted by atomic mass is 79.9. The van der Waals surface area contributed by atoms with Crippen molar-refractivity contribution in [2.75, 3.05) is 0 Å². The average molecular weight is 400 g/mol. The molecule has 1 aromatic heterocycles. The number of tetrazole rings is 1. The van der Waals surface area contributed by atoms with E-state index in [0.717, 1.165) is 23.0 Å². The van der Waals surface area contributed by atoms with Crippen LogP contribution in [0.2, 0.25) is 0 Å². The van der Waals surface area contributed by atoms with Crippen molar-refractivity contribution in [3.05, 3.63) is 70.5 Å². The number of carbonyl (C=O) groups excluding carboxylic acids is 1. The Morgan fingerprint density at radius 1 is 1.16 bits per heavy atom. The summed E-state index contributed by atoms with van der Waals surface area (Å²) in [5, 5.41) is 14.0. The number of amides is 1. The molecule has 6 nitrogen and oxygen atoms in total. The molecule has 0 bridgehead atoms. The van der Waals surface area contributed by atoms with Crippen molar-refractivity contribution < 1.29 is 4.79 Å². The monoisotopic (exact) mass is 399 g/mol. The number of nitrogens with one attached hydrogen (secondary N) is 1. The summed E-state index contributed by atoms with van der Waals surface area (Å²) in [7, 11) is 0. The molecule has 7 heteroatoms. The summed E-state index contributed by atoms with van der Waals surface area (Å²) >= 11 is 3.43. The SMILES string of the molecule is CC(CCc1ccc(Br)cc1)NC(=O)c1ccc(-n2cnnn2)cc1. The lowest BCUT2D eigenvalue weighted by Crippen LogP contribution is -2.32. The third-order valence-electron chi connectivity index (χ3n) is 3.90. The van der Waals surface area contributed by atoms with E-state index in [1.807, 2.05) is 31.2 Å². The van der Waals surface area contributed by atoms with Gasteiger partial charge in [-0.2, -0.15) is 0 Å². The zero-order valence-corrected chi connectivity index (χ0v) is 15.3. The molecular formula is C18H18BrN5O. The van der Waals surface area contributed by atoms with Crippen LogP contribution in [0.1, 0.15) is 29.3 Å². The second-order valence-corrected chi connectivity index (χ2v) is 6.76. The average Bonchev–Trinajstić information content (AvgIpc) is 3.16. The Morgan fingerprint density at radius 3 is 2.52 bits per heavy atom. The van der Waals surface area contributed by atoms with Crippen molar-refractivity contribution in [3.8, 4) is 5.69 Å². The summed E-state index contributed by atoms with van der Waals surface area (Å²) in [4.78, 5) is 12.3. The predicted octanol–water partition coefficient (Wildman–Crippen LogP) is 3.18. The maximum absolute atomic E-state index is 12.3. The topological polar surface area (TPSA) is 72.7 Å². The molecule has 3 rings (SSSR count). The molecular weight excluding hydrogens is 382 g/mol. The van der Waals surface area contributed by atoms with Gasteiger partial charge in [0.15, 0.2) is 0 Å². The van der Waals surface area contributed by atoms with Crippen LogP contribution < -0.4 is 5.32 Å². The number of carbonyl (C=O) groups is 1. The Labute approximate surface area is 154 Å². The maximum atomic E-state index is 12.3. The van der Waals surface area contributed by atoms with Crippen molar-refractivity contribution >= 4 is 21.8 Å². The first-order chi connectivity index (χ1) is 12.1. The Kier molecular flexibility index (Phi) is 5.55. The van der Waals surface area contributed by atoms with Crippen LogP contribution in [0.5, 0.6) is 0 Å². The lowest BCUT2D eigenvalue weighted by molar-refractivity contribution is 0.0938. The van der Waals surface area contributed by atoms with Crippen molar-refractivity contribution in [1.82, 2.24) is 25.5 Å². The van der Waals surface area contributed by atoms with Gasteiger partial charge in [-0.05, 0) is 72.2 Å². The molecule has 0 spiro atoms. The molecule has 1 unspecified atom stereocenters. The minimum Gasteiger partial charge on any atom is -0.350 e. The van der Waals surface area contributed by atoms with Gasteiger partial charge in [-0.15, -0.1) is 5.10 Å². The molecule has 0 saturated carbocycles. The lowest BCUT2D eigenvalue weighted by atomic mass is 10.1. The first kappa shape index (κ1) is 17.3. The van der Waals surface area contributed by atoms with E-state index < -0.39 is 0 Å². The van der Waals surface area contributed by atoms with Gasteiger partial charge in [0.2, 0.25) is 0 Å². The van der Waals surface area contributed by atoms with Gasteiger partial charge in [0, 0.05) is 16.1 Å². The van der Waals surface area contributed by atoms with Crippen LogP contribution in [-0.4, -0.2) is 32.2 Å². The predicted molar refractivity (Wildman–Crippen MR) is 98.5 cm³/mol. The fourth-order valence-electron chi connectivity index (χ4n) is 2.46. The van der Waals surface area contributed by atoms with E-state index in [1.165, 1.54) is 11.9 Å². The van der Waals surface area contributed by atoms with Gasteiger partial charge in [0.1, 0.15) is 6.33 Å². The lowest BCUT2D eigenvalue weighted by Gasteiger charge is -2.14. The fourth-order valence-corrected chi connectivity index (χ4v) is 2.72. The quantitative estimate of drug-likeness (QED) is 0.690. The summed E-state index contributed by atoms with van der Waals surface area (Å²) in [5.74, 6) is -0.0772. The van der Waals surface area contributed by atoms with E-state index in [0.29, 0.717) is 5.56 Å². The number of hydrogen-bond acceptors (Lipinski definition) is 4. The number of benzene rings is 2. The zero-order valence-electron chi connectivity index (χ0n) is 13.8. The van der Waals surface area contributed by atoms with Gasteiger partial charge in [-0.25, -0.2) is 4.68 Å². The Morgan fingerprint density at radius 2 is 1.88 bits per heavy atom. The number of hydrogen-bond donors (Lipinski definition) is 1. The van der Waals surface area contributed by atoms with Crippen LogP contribution in [0, 0.1) is 0 Å². The maximum Gasteiger partial charge on any atom is 0.251 e. The van der Waals surface area contributed by atoms with Crippen molar-refractivity contribution in [2.24, 2.45) is 0 Å². The third-order valence-corrected chi connectivity index (χ3v) is 4.43. The molecule has 2 aromatic carbocycles. The highest BCUT2D eigenvalue weighted by Crippen LogP contribution is 2.13. The van der Waals surface area contributed by atoms with E-state index in [1.54, 1.807) is 16.8 Å². The summed E-state index contributed by atoms with van der Waals surface area (Å²) in [6.07, 6.45) is 3.32. The Balaban J connectivity index is 1.53. The summed E-state index contributed by atoms with van der Waals surface area (Å²) in [6, 6.07) is 15.5. The molecule has 1 heterocycles. The zero-order chi connectivity index (χ0) is 17.6. The number of aromatic nitrogens is 4. The highest BCUT2D eigenvalue weighted by molar-refractivity contribution is 9.10. The van der Waals surface area contributed by atoms with Crippen LogP contribution in [0.15, 0.2) is 59.3 Å². The molecule has 0 fully saturated rings. The van der Waals surface area contributed by atoms with E-state index >= 15 is 0 Å². The highest BCUT2D eigenvalue weighted by Gasteiger charge is 2.10. The Hall–Kier alpha value is -2.54. The van der Waals surface area contributed by atoms with Crippen LogP contribution in [-0.2, 0) is 6.42 Å². The molecule has 0 aliphatic heterocycles. The van der Waals surface area contributed by atoms with E-state index in [9.17, 15) is 4.79 Å². The number of rotatable bonds is 6. The van der Waals surface area contributed by atoms with Gasteiger partial charge in [-0.1, -0.05) is 28.1 Å². The van der Waals surface area contributed by atoms with E-state index in [4.69, 9.17) is 0 Å². The molecule has 1 atom stereocenters. The largest absolute Gasteiger partial charge is 0.350 e. The van der Waals surface area contributed by atoms with Crippen molar-refractivity contribution in [1.29, 1.82) is 0 Å². The fraction of sp³-hybridized carbons (Fsp3) is 0.222. The first-order valence-corrected chi connectivity index (χ1v) is 8.80. The van der Waals surface area contributed by atoms with Gasteiger partial charge >= 0.3 is 0 Å². The molecule has 128 valence electrons.